The SMILES string of the molecule is CCC(=O)OCOc1ccc(Cl)cc1Cn1nc(-c2ccc(C(F)(F)F)cc2)oc1=O. The number of carbonyl (C=O) groups is 1. The maximum Gasteiger partial charge on any atom is 0.437 e. The van der Waals surface area contributed by atoms with E-state index in [4.69, 9.17) is 25.5 Å². The van der Waals surface area contributed by atoms with E-state index in [1.165, 1.54) is 6.07 Å². The summed E-state index contributed by atoms with van der Waals surface area (Å²) in [5.74, 6) is -1.10. The lowest BCUT2D eigenvalue weighted by molar-refractivity contribution is -0.149. The molecule has 0 unspecified atom stereocenters. The molecule has 3 aromatic rings. The average molecular weight is 457 g/mol. The molecule has 0 amide bonds. The monoisotopic (exact) mass is 456 g/mol. The minimum Gasteiger partial charge on any atom is -0.457 e. The number of nitrogens with zero attached hydrogens (tertiary/aromatic N) is 2. The molecule has 0 aliphatic heterocycles. The Morgan fingerprint density at radius 1 is 1.19 bits per heavy atom. The first-order chi connectivity index (χ1) is 14.7. The quantitative estimate of drug-likeness (QED) is 0.384. The second-order valence-corrected chi connectivity index (χ2v) is 6.73. The third kappa shape index (κ3) is 5.66. The number of halogens is 4. The van der Waals surface area contributed by atoms with Crippen LogP contribution in [0.25, 0.3) is 11.5 Å². The third-order valence-corrected chi connectivity index (χ3v) is 4.37. The summed E-state index contributed by atoms with van der Waals surface area (Å²) in [7, 11) is 0. The molecule has 0 N–H and O–H groups in total. The van der Waals surface area contributed by atoms with Gasteiger partial charge in [0.05, 0.1) is 12.1 Å². The molecular weight excluding hydrogens is 441 g/mol. The first kappa shape index (κ1) is 22.4. The lowest BCUT2D eigenvalue weighted by Crippen LogP contribution is -2.17. The summed E-state index contributed by atoms with van der Waals surface area (Å²) < 4.78 is 54.5. The van der Waals surface area contributed by atoms with Crippen LogP contribution in [0.4, 0.5) is 13.2 Å². The van der Waals surface area contributed by atoms with E-state index in [9.17, 15) is 22.8 Å². The maximum atomic E-state index is 12.7. The van der Waals surface area contributed by atoms with Crippen LogP contribution in [-0.4, -0.2) is 22.5 Å². The molecule has 0 spiro atoms. The van der Waals surface area contributed by atoms with Gasteiger partial charge in [0.25, 0.3) is 0 Å². The number of aromatic nitrogens is 2. The molecule has 0 bridgehead atoms. The van der Waals surface area contributed by atoms with Gasteiger partial charge in [0.2, 0.25) is 12.7 Å². The van der Waals surface area contributed by atoms with Gasteiger partial charge in [-0.15, -0.1) is 5.10 Å². The summed E-state index contributed by atoms with van der Waals surface area (Å²) in [6.07, 6.45) is -4.29. The zero-order valence-corrected chi connectivity index (χ0v) is 16.9. The largest absolute Gasteiger partial charge is 0.457 e. The Morgan fingerprint density at radius 3 is 2.55 bits per heavy atom. The lowest BCUT2D eigenvalue weighted by atomic mass is 10.1. The van der Waals surface area contributed by atoms with Crippen molar-refractivity contribution >= 4 is 17.6 Å². The van der Waals surface area contributed by atoms with Crippen molar-refractivity contribution < 1.29 is 31.9 Å². The Hall–Kier alpha value is -3.27. The van der Waals surface area contributed by atoms with Gasteiger partial charge in [-0.2, -0.15) is 17.9 Å². The van der Waals surface area contributed by atoms with Crippen molar-refractivity contribution in [1.29, 1.82) is 0 Å². The molecule has 11 heteroatoms. The van der Waals surface area contributed by atoms with Crippen molar-refractivity contribution in [2.45, 2.75) is 26.1 Å². The Kier molecular flexibility index (Phi) is 6.69. The molecule has 0 fully saturated rings. The third-order valence-electron chi connectivity index (χ3n) is 4.13. The fourth-order valence-electron chi connectivity index (χ4n) is 2.56. The van der Waals surface area contributed by atoms with E-state index in [-0.39, 0.29) is 31.2 Å². The Morgan fingerprint density at radius 2 is 1.90 bits per heavy atom. The highest BCUT2D eigenvalue weighted by molar-refractivity contribution is 6.30. The van der Waals surface area contributed by atoms with Crippen LogP contribution in [0.5, 0.6) is 5.75 Å². The van der Waals surface area contributed by atoms with E-state index in [0.717, 1.165) is 28.9 Å². The molecule has 2 aromatic carbocycles. The van der Waals surface area contributed by atoms with Crippen LogP contribution in [-0.2, 0) is 22.3 Å². The van der Waals surface area contributed by atoms with Gasteiger partial charge in [-0.05, 0) is 42.5 Å². The van der Waals surface area contributed by atoms with Crippen molar-refractivity contribution in [3.63, 3.8) is 0 Å². The Balaban J connectivity index is 1.81. The van der Waals surface area contributed by atoms with Crippen molar-refractivity contribution in [3.05, 3.63) is 69.2 Å². The van der Waals surface area contributed by atoms with Gasteiger partial charge in [-0.3, -0.25) is 4.79 Å². The summed E-state index contributed by atoms with van der Waals surface area (Å²) in [6, 6.07) is 8.70. The van der Waals surface area contributed by atoms with Crippen LogP contribution in [0.3, 0.4) is 0 Å². The summed E-state index contributed by atoms with van der Waals surface area (Å²) >= 11 is 6.02. The topological polar surface area (TPSA) is 83.6 Å². The number of hydrogen-bond donors (Lipinski definition) is 0. The minimum absolute atomic E-state index is 0.0966. The van der Waals surface area contributed by atoms with Crippen LogP contribution in [0.2, 0.25) is 5.02 Å². The molecule has 7 nitrogen and oxygen atoms in total. The normalized spacial score (nSPS) is 11.4. The predicted octanol–water partition coefficient (Wildman–Crippen LogP) is 4.51. The molecule has 0 aliphatic carbocycles. The first-order valence-electron chi connectivity index (χ1n) is 9.00. The molecule has 0 atom stereocenters. The van der Waals surface area contributed by atoms with Crippen LogP contribution in [0, 0.1) is 0 Å². The van der Waals surface area contributed by atoms with E-state index in [2.05, 4.69) is 5.10 Å². The molecule has 31 heavy (non-hydrogen) atoms. The van der Waals surface area contributed by atoms with E-state index in [0.29, 0.717) is 16.3 Å². The van der Waals surface area contributed by atoms with Gasteiger partial charge < -0.3 is 13.9 Å². The van der Waals surface area contributed by atoms with Gasteiger partial charge in [-0.25, -0.2) is 4.79 Å². The summed E-state index contributed by atoms with van der Waals surface area (Å²) in [5, 5.41) is 4.40. The van der Waals surface area contributed by atoms with Crippen LogP contribution < -0.4 is 10.5 Å². The molecule has 0 saturated heterocycles. The Bertz CT molecular complexity index is 1120. The predicted molar refractivity (Wildman–Crippen MR) is 104 cm³/mol. The lowest BCUT2D eigenvalue weighted by Gasteiger charge is -2.11. The van der Waals surface area contributed by atoms with Gasteiger partial charge in [-0.1, -0.05) is 18.5 Å². The molecule has 164 valence electrons. The minimum atomic E-state index is -4.48. The number of esters is 1. The first-order valence-corrected chi connectivity index (χ1v) is 9.37. The number of ether oxygens (including phenoxy) is 2. The van der Waals surface area contributed by atoms with Crippen LogP contribution >= 0.6 is 11.6 Å². The highest BCUT2D eigenvalue weighted by Crippen LogP contribution is 2.30. The zero-order valence-electron chi connectivity index (χ0n) is 16.1. The summed E-state index contributed by atoms with van der Waals surface area (Å²) in [6.45, 7) is 1.22. The van der Waals surface area contributed by atoms with Gasteiger partial charge in [0, 0.05) is 22.6 Å². The molecule has 3 rings (SSSR count). The second-order valence-electron chi connectivity index (χ2n) is 6.29. The fraction of sp³-hybridized carbons (Fsp3) is 0.250. The molecule has 1 heterocycles. The van der Waals surface area contributed by atoms with E-state index < -0.39 is 23.5 Å². The zero-order chi connectivity index (χ0) is 22.6. The van der Waals surface area contributed by atoms with E-state index in [1.54, 1.807) is 19.1 Å². The van der Waals surface area contributed by atoms with Gasteiger partial charge in [0.1, 0.15) is 5.75 Å². The fourth-order valence-corrected chi connectivity index (χ4v) is 2.75. The number of carbonyl (C=O) groups excluding carboxylic acids is 1. The van der Waals surface area contributed by atoms with E-state index in [1.807, 2.05) is 0 Å². The summed E-state index contributed by atoms with van der Waals surface area (Å²) in [4.78, 5) is 23.4. The molecule has 0 saturated carbocycles. The molecule has 0 radical (unpaired) electrons. The van der Waals surface area contributed by atoms with Crippen molar-refractivity contribution in [2.75, 3.05) is 6.79 Å². The number of alkyl halides is 3. The van der Waals surface area contributed by atoms with Crippen LogP contribution in [0.1, 0.15) is 24.5 Å². The molecular formula is C20H16ClF3N2O5. The Labute approximate surface area is 178 Å². The second kappa shape index (κ2) is 9.25. The van der Waals surface area contributed by atoms with Crippen LogP contribution in [0.15, 0.2) is 51.7 Å². The van der Waals surface area contributed by atoms with Gasteiger partial charge >= 0.3 is 17.9 Å². The number of rotatable bonds is 7. The maximum absolute atomic E-state index is 12.7. The summed E-state index contributed by atoms with van der Waals surface area (Å²) in [5.41, 5.74) is -0.171. The highest BCUT2D eigenvalue weighted by Gasteiger charge is 2.30. The average Bonchev–Trinajstić information content (AvgIpc) is 3.09. The number of benzene rings is 2. The molecule has 1 aromatic heterocycles. The van der Waals surface area contributed by atoms with E-state index >= 15 is 0 Å². The van der Waals surface area contributed by atoms with Crippen molar-refractivity contribution in [1.82, 2.24) is 9.78 Å². The van der Waals surface area contributed by atoms with Crippen molar-refractivity contribution in [2.24, 2.45) is 0 Å². The van der Waals surface area contributed by atoms with Gasteiger partial charge in [0.15, 0.2) is 0 Å². The smallest absolute Gasteiger partial charge is 0.437 e. The highest BCUT2D eigenvalue weighted by atomic mass is 35.5. The number of hydrogen-bond acceptors (Lipinski definition) is 6. The van der Waals surface area contributed by atoms with Crippen molar-refractivity contribution in [3.8, 4) is 17.2 Å². The standard InChI is InChI=1S/C20H16ClF3N2O5/c1-2-17(27)30-11-29-16-8-7-15(21)9-13(16)10-26-19(28)31-18(25-26)12-3-5-14(6-4-12)20(22,23)24/h3-9H,2,10-11H2,1H3. The molecule has 0 aliphatic rings.